The number of anilines is 1. The molecule has 1 N–H and O–H groups in total. The summed E-state index contributed by atoms with van der Waals surface area (Å²) in [5.74, 6) is 1.74. The summed E-state index contributed by atoms with van der Waals surface area (Å²) in [5.41, 5.74) is 1.05. The number of hydrogen-bond donors (Lipinski definition) is 1. The number of methoxy groups -OCH3 is 2. The molecule has 0 bridgehead atoms. The van der Waals surface area contributed by atoms with Crippen molar-refractivity contribution in [2.75, 3.05) is 26.1 Å². The molecule has 0 aliphatic rings. The van der Waals surface area contributed by atoms with Crippen molar-refractivity contribution in [1.82, 2.24) is 10.2 Å². The van der Waals surface area contributed by atoms with Gasteiger partial charge in [-0.25, -0.2) is 0 Å². The van der Waals surface area contributed by atoms with Crippen LogP contribution in [0.25, 0.3) is 11.5 Å². The molecule has 0 saturated heterocycles. The predicted molar refractivity (Wildman–Crippen MR) is 108 cm³/mol. The monoisotopic (exact) mass is 397 g/mol. The number of amides is 1. The Hall–Kier alpha value is -3.55. The van der Waals surface area contributed by atoms with E-state index < -0.39 is 0 Å². The maximum absolute atomic E-state index is 12.4. The summed E-state index contributed by atoms with van der Waals surface area (Å²) >= 11 is 0. The van der Waals surface area contributed by atoms with E-state index in [4.69, 9.17) is 18.6 Å². The Bertz CT molecular complexity index is 953. The van der Waals surface area contributed by atoms with Gasteiger partial charge in [-0.2, -0.15) is 0 Å². The van der Waals surface area contributed by atoms with E-state index in [1.165, 1.54) is 7.11 Å². The molecule has 3 aromatic rings. The molecule has 8 heteroatoms. The van der Waals surface area contributed by atoms with Crippen LogP contribution in [0.3, 0.4) is 0 Å². The van der Waals surface area contributed by atoms with Crippen molar-refractivity contribution < 1.29 is 23.4 Å². The van der Waals surface area contributed by atoms with Crippen LogP contribution in [-0.2, 0) is 0 Å². The zero-order valence-electron chi connectivity index (χ0n) is 16.6. The zero-order valence-corrected chi connectivity index (χ0v) is 16.6. The molecule has 8 nitrogen and oxygen atoms in total. The maximum Gasteiger partial charge on any atom is 0.322 e. The Morgan fingerprint density at radius 3 is 2.48 bits per heavy atom. The number of carbonyl (C=O) groups excluding carboxylic acids is 1. The highest BCUT2D eigenvalue weighted by molar-refractivity contribution is 6.03. The molecule has 2 aromatic carbocycles. The van der Waals surface area contributed by atoms with Crippen molar-refractivity contribution in [1.29, 1.82) is 0 Å². The lowest BCUT2D eigenvalue weighted by Crippen LogP contribution is -2.12. The average molecular weight is 397 g/mol. The smallest absolute Gasteiger partial charge is 0.322 e. The maximum atomic E-state index is 12.4. The highest BCUT2D eigenvalue weighted by atomic mass is 16.5. The topological polar surface area (TPSA) is 95.7 Å². The van der Waals surface area contributed by atoms with Gasteiger partial charge in [-0.15, -0.1) is 5.10 Å². The molecule has 3 rings (SSSR count). The quantitative estimate of drug-likeness (QED) is 0.541. The van der Waals surface area contributed by atoms with Crippen LogP contribution in [0, 0.1) is 0 Å². The van der Waals surface area contributed by atoms with Gasteiger partial charge in [0.25, 0.3) is 11.8 Å². The first-order valence-corrected chi connectivity index (χ1v) is 9.24. The second-order valence-electron chi connectivity index (χ2n) is 6.16. The van der Waals surface area contributed by atoms with E-state index in [0.717, 1.165) is 18.6 Å². The third kappa shape index (κ3) is 5.04. The van der Waals surface area contributed by atoms with E-state index in [9.17, 15) is 4.79 Å². The fraction of sp³-hybridized carbons (Fsp3) is 0.286. The first-order chi connectivity index (χ1) is 14.1. The second-order valence-corrected chi connectivity index (χ2v) is 6.16. The Labute approximate surface area is 168 Å². The number of carbonyl (C=O) groups is 1. The molecule has 29 heavy (non-hydrogen) atoms. The molecule has 0 atom stereocenters. The van der Waals surface area contributed by atoms with E-state index in [-0.39, 0.29) is 17.8 Å². The van der Waals surface area contributed by atoms with Gasteiger partial charge in [0.1, 0.15) is 17.2 Å². The minimum atomic E-state index is -0.359. The Morgan fingerprint density at radius 2 is 1.79 bits per heavy atom. The van der Waals surface area contributed by atoms with Crippen molar-refractivity contribution in [3.05, 3.63) is 48.0 Å². The van der Waals surface area contributed by atoms with Gasteiger partial charge >= 0.3 is 6.01 Å². The zero-order chi connectivity index (χ0) is 20.6. The van der Waals surface area contributed by atoms with Gasteiger partial charge < -0.3 is 18.6 Å². The molecule has 0 unspecified atom stereocenters. The molecule has 0 fully saturated rings. The van der Waals surface area contributed by atoms with Crippen molar-refractivity contribution >= 4 is 11.9 Å². The molecule has 0 spiro atoms. The van der Waals surface area contributed by atoms with E-state index in [2.05, 4.69) is 22.4 Å². The van der Waals surface area contributed by atoms with Crippen LogP contribution in [0.4, 0.5) is 6.01 Å². The van der Waals surface area contributed by atoms with E-state index >= 15 is 0 Å². The molecule has 0 aliphatic heterocycles. The normalized spacial score (nSPS) is 10.4. The summed E-state index contributed by atoms with van der Waals surface area (Å²) in [5, 5.41) is 10.5. The van der Waals surface area contributed by atoms with Gasteiger partial charge in [-0.3, -0.25) is 10.1 Å². The van der Waals surface area contributed by atoms with Gasteiger partial charge in [0.15, 0.2) is 0 Å². The molecule has 1 heterocycles. The minimum Gasteiger partial charge on any atom is -0.497 e. The van der Waals surface area contributed by atoms with Crippen LogP contribution in [0.1, 0.15) is 30.1 Å². The Balaban J connectivity index is 1.68. The van der Waals surface area contributed by atoms with E-state index in [0.29, 0.717) is 29.2 Å². The van der Waals surface area contributed by atoms with Crippen molar-refractivity contribution in [2.24, 2.45) is 0 Å². The average Bonchev–Trinajstić information content (AvgIpc) is 3.22. The lowest BCUT2D eigenvalue weighted by Gasteiger charge is -2.07. The number of ether oxygens (including phenoxy) is 3. The Kier molecular flexibility index (Phi) is 6.67. The van der Waals surface area contributed by atoms with E-state index in [1.54, 1.807) is 49.6 Å². The molecule has 1 amide bonds. The third-order valence-electron chi connectivity index (χ3n) is 4.17. The molecule has 1 aromatic heterocycles. The molecule has 0 saturated carbocycles. The van der Waals surface area contributed by atoms with Gasteiger partial charge in [-0.05, 0) is 42.8 Å². The number of unbranched alkanes of at least 4 members (excludes halogenated alkanes) is 1. The van der Waals surface area contributed by atoms with Crippen molar-refractivity contribution in [2.45, 2.75) is 19.8 Å². The van der Waals surface area contributed by atoms with Crippen LogP contribution in [0.15, 0.2) is 46.9 Å². The summed E-state index contributed by atoms with van der Waals surface area (Å²) in [7, 11) is 3.10. The molecular formula is C21H23N3O5. The van der Waals surface area contributed by atoms with Crippen molar-refractivity contribution in [3.63, 3.8) is 0 Å². The van der Waals surface area contributed by atoms with Crippen LogP contribution >= 0.6 is 0 Å². The fourth-order valence-electron chi connectivity index (χ4n) is 2.56. The number of benzene rings is 2. The number of nitrogens with one attached hydrogen (secondary N) is 1. The van der Waals surface area contributed by atoms with Crippen LogP contribution < -0.4 is 19.5 Å². The highest BCUT2D eigenvalue weighted by Crippen LogP contribution is 2.33. The first kappa shape index (κ1) is 20.2. The number of nitrogens with zero attached hydrogens (tertiary/aromatic N) is 2. The standard InChI is InChI=1S/C21H23N3O5/c1-4-5-12-28-15-8-6-14(7-9-15)19(25)22-21-24-23-20(29-21)17-11-10-16(26-2)13-18(17)27-3/h6-11,13H,4-5,12H2,1-3H3,(H,22,24,25). The molecule has 152 valence electrons. The fourth-order valence-corrected chi connectivity index (χ4v) is 2.56. The van der Waals surface area contributed by atoms with Gasteiger partial charge in [0.2, 0.25) is 0 Å². The predicted octanol–water partition coefficient (Wildman–Crippen LogP) is 4.19. The van der Waals surface area contributed by atoms with Crippen LogP contribution in [0.5, 0.6) is 17.2 Å². The Morgan fingerprint density at radius 1 is 1.03 bits per heavy atom. The van der Waals surface area contributed by atoms with Gasteiger partial charge in [0, 0.05) is 11.6 Å². The van der Waals surface area contributed by atoms with Gasteiger partial charge in [-0.1, -0.05) is 18.4 Å². The number of hydrogen-bond acceptors (Lipinski definition) is 7. The first-order valence-electron chi connectivity index (χ1n) is 9.24. The SMILES string of the molecule is CCCCOc1ccc(C(=O)Nc2nnc(-c3ccc(OC)cc3OC)o2)cc1. The highest BCUT2D eigenvalue weighted by Gasteiger charge is 2.16. The molecular weight excluding hydrogens is 374 g/mol. The lowest BCUT2D eigenvalue weighted by atomic mass is 10.2. The largest absolute Gasteiger partial charge is 0.497 e. The third-order valence-corrected chi connectivity index (χ3v) is 4.17. The lowest BCUT2D eigenvalue weighted by molar-refractivity contribution is 0.102. The molecule has 0 aliphatic carbocycles. The summed E-state index contributed by atoms with van der Waals surface area (Å²) in [6, 6.07) is 12.1. The summed E-state index contributed by atoms with van der Waals surface area (Å²) in [6.45, 7) is 2.76. The second kappa shape index (κ2) is 9.59. The molecule has 0 radical (unpaired) electrons. The summed E-state index contributed by atoms with van der Waals surface area (Å²) in [4.78, 5) is 12.4. The number of rotatable bonds is 9. The summed E-state index contributed by atoms with van der Waals surface area (Å²) in [6.07, 6.45) is 2.05. The minimum absolute atomic E-state index is 0.00820. The van der Waals surface area contributed by atoms with Crippen LogP contribution in [-0.4, -0.2) is 36.9 Å². The van der Waals surface area contributed by atoms with Crippen molar-refractivity contribution in [3.8, 4) is 28.7 Å². The van der Waals surface area contributed by atoms with Gasteiger partial charge in [0.05, 0.1) is 26.4 Å². The number of aromatic nitrogens is 2. The van der Waals surface area contributed by atoms with E-state index in [1.807, 2.05) is 0 Å². The summed E-state index contributed by atoms with van der Waals surface area (Å²) < 4.78 is 21.7. The van der Waals surface area contributed by atoms with Crippen LogP contribution in [0.2, 0.25) is 0 Å².